The van der Waals surface area contributed by atoms with Gasteiger partial charge < -0.3 is 10.0 Å². The van der Waals surface area contributed by atoms with Gasteiger partial charge in [0.1, 0.15) is 5.69 Å². The van der Waals surface area contributed by atoms with E-state index in [9.17, 15) is 4.79 Å². The number of likely N-dealkylation sites (tertiary alicyclic amines) is 1. The van der Waals surface area contributed by atoms with Crippen molar-refractivity contribution in [2.75, 3.05) is 13.2 Å². The minimum Gasteiger partial charge on any atom is -0.396 e. The number of hydrogen-bond donors (Lipinski definition) is 1. The number of aliphatic hydroxyl groups excluding tert-OH is 1. The highest BCUT2D eigenvalue weighted by Crippen LogP contribution is 2.22. The molecule has 0 aliphatic carbocycles. The number of nitrogens with zero attached hydrogens (tertiary/aromatic N) is 3. The van der Waals surface area contributed by atoms with E-state index in [2.05, 4.69) is 9.97 Å². The quantitative estimate of drug-likeness (QED) is 0.869. The Labute approximate surface area is 107 Å². The first-order valence-corrected chi connectivity index (χ1v) is 6.43. The van der Waals surface area contributed by atoms with Crippen LogP contribution < -0.4 is 0 Å². The lowest BCUT2D eigenvalue weighted by Gasteiger charge is -2.24. The highest BCUT2D eigenvalue weighted by atomic mass is 16.3. The van der Waals surface area contributed by atoms with Crippen LogP contribution in [-0.2, 0) is 0 Å². The zero-order valence-electron chi connectivity index (χ0n) is 10.7. The van der Waals surface area contributed by atoms with Gasteiger partial charge in [0, 0.05) is 25.4 Å². The minimum absolute atomic E-state index is 0.0389. The predicted octanol–water partition coefficient (Wildman–Crippen LogP) is 1.16. The van der Waals surface area contributed by atoms with Gasteiger partial charge >= 0.3 is 0 Å². The summed E-state index contributed by atoms with van der Waals surface area (Å²) >= 11 is 0. The van der Waals surface area contributed by atoms with Crippen LogP contribution in [0.1, 0.15) is 41.9 Å². The van der Waals surface area contributed by atoms with Crippen LogP contribution in [0.3, 0.4) is 0 Å². The van der Waals surface area contributed by atoms with Crippen LogP contribution in [0.25, 0.3) is 0 Å². The standard InChI is InChI=1S/C13H19N3O2/c1-10-8-15-12(9-14-10)13(18)16-6-2-4-11(16)5-3-7-17/h8-9,11,17H,2-7H2,1H3. The summed E-state index contributed by atoms with van der Waals surface area (Å²) in [5, 5.41) is 8.87. The Kier molecular flexibility index (Phi) is 4.25. The van der Waals surface area contributed by atoms with E-state index in [-0.39, 0.29) is 18.6 Å². The average Bonchev–Trinajstić information content (AvgIpc) is 2.84. The van der Waals surface area contributed by atoms with Gasteiger partial charge in [0.15, 0.2) is 0 Å². The van der Waals surface area contributed by atoms with Crippen molar-refractivity contribution >= 4 is 5.91 Å². The van der Waals surface area contributed by atoms with Crippen molar-refractivity contribution in [3.05, 3.63) is 23.8 Å². The molecule has 98 valence electrons. The molecule has 0 spiro atoms. The van der Waals surface area contributed by atoms with Gasteiger partial charge in [-0.1, -0.05) is 0 Å². The second-order valence-corrected chi connectivity index (χ2v) is 4.70. The van der Waals surface area contributed by atoms with Crippen molar-refractivity contribution in [3.63, 3.8) is 0 Å². The highest BCUT2D eigenvalue weighted by Gasteiger charge is 2.29. The fourth-order valence-electron chi connectivity index (χ4n) is 2.38. The first-order chi connectivity index (χ1) is 8.72. The van der Waals surface area contributed by atoms with E-state index in [1.54, 1.807) is 12.4 Å². The predicted molar refractivity (Wildman–Crippen MR) is 67.1 cm³/mol. The van der Waals surface area contributed by atoms with Gasteiger partial charge in [-0.3, -0.25) is 9.78 Å². The van der Waals surface area contributed by atoms with Crippen molar-refractivity contribution < 1.29 is 9.90 Å². The van der Waals surface area contributed by atoms with Crippen molar-refractivity contribution in [1.82, 2.24) is 14.9 Å². The molecule has 1 atom stereocenters. The summed E-state index contributed by atoms with van der Waals surface area (Å²) in [6, 6.07) is 0.243. The minimum atomic E-state index is -0.0389. The molecule has 1 aliphatic heterocycles. The number of aliphatic hydroxyl groups is 1. The SMILES string of the molecule is Cc1cnc(C(=O)N2CCCC2CCCO)cn1. The summed E-state index contributed by atoms with van der Waals surface area (Å²) in [5.74, 6) is -0.0389. The third-order valence-corrected chi connectivity index (χ3v) is 3.33. The second kappa shape index (κ2) is 5.91. The Morgan fingerprint density at radius 3 is 3.00 bits per heavy atom. The monoisotopic (exact) mass is 249 g/mol. The van der Waals surface area contributed by atoms with Crippen molar-refractivity contribution in [3.8, 4) is 0 Å². The fraction of sp³-hybridized carbons (Fsp3) is 0.615. The molecule has 1 saturated heterocycles. The van der Waals surface area contributed by atoms with Gasteiger partial charge in [0.25, 0.3) is 5.91 Å². The number of carbonyl (C=O) groups is 1. The molecule has 1 aromatic rings. The Bertz CT molecular complexity index is 405. The molecule has 5 heteroatoms. The number of hydrogen-bond acceptors (Lipinski definition) is 4. The maximum absolute atomic E-state index is 12.3. The van der Waals surface area contributed by atoms with Crippen LogP contribution in [0, 0.1) is 6.92 Å². The van der Waals surface area contributed by atoms with Gasteiger partial charge in [-0.05, 0) is 32.6 Å². The highest BCUT2D eigenvalue weighted by molar-refractivity contribution is 5.92. The Balaban J connectivity index is 2.05. The zero-order valence-corrected chi connectivity index (χ0v) is 10.7. The van der Waals surface area contributed by atoms with E-state index >= 15 is 0 Å². The summed E-state index contributed by atoms with van der Waals surface area (Å²) in [6.45, 7) is 2.81. The number of carbonyl (C=O) groups excluding carboxylic acids is 1. The normalized spacial score (nSPS) is 19.2. The lowest BCUT2D eigenvalue weighted by Crippen LogP contribution is -2.36. The molecule has 0 radical (unpaired) electrons. The fourth-order valence-corrected chi connectivity index (χ4v) is 2.38. The number of aryl methyl sites for hydroxylation is 1. The van der Waals surface area contributed by atoms with Crippen LogP contribution in [0.5, 0.6) is 0 Å². The topological polar surface area (TPSA) is 66.3 Å². The first-order valence-electron chi connectivity index (χ1n) is 6.43. The molecule has 2 rings (SSSR count). The summed E-state index contributed by atoms with van der Waals surface area (Å²) in [6.07, 6.45) is 6.81. The molecule has 5 nitrogen and oxygen atoms in total. The van der Waals surface area contributed by atoms with E-state index in [0.29, 0.717) is 5.69 Å². The molecule has 1 unspecified atom stereocenters. The molecule has 1 fully saturated rings. The van der Waals surface area contributed by atoms with Crippen molar-refractivity contribution in [1.29, 1.82) is 0 Å². The molecule has 18 heavy (non-hydrogen) atoms. The lowest BCUT2D eigenvalue weighted by atomic mass is 10.1. The van der Waals surface area contributed by atoms with E-state index in [1.165, 1.54) is 0 Å². The van der Waals surface area contributed by atoms with Gasteiger partial charge in [-0.25, -0.2) is 4.98 Å². The molecule has 0 saturated carbocycles. The molecule has 0 bridgehead atoms. The zero-order chi connectivity index (χ0) is 13.0. The van der Waals surface area contributed by atoms with Gasteiger partial charge in [-0.2, -0.15) is 0 Å². The smallest absolute Gasteiger partial charge is 0.274 e. The largest absolute Gasteiger partial charge is 0.396 e. The molecule has 1 N–H and O–H groups in total. The van der Waals surface area contributed by atoms with E-state index < -0.39 is 0 Å². The Morgan fingerprint density at radius 2 is 2.33 bits per heavy atom. The molecule has 1 aromatic heterocycles. The van der Waals surface area contributed by atoms with Crippen LogP contribution in [0.4, 0.5) is 0 Å². The van der Waals surface area contributed by atoms with Crippen molar-refractivity contribution in [2.24, 2.45) is 0 Å². The summed E-state index contributed by atoms with van der Waals surface area (Å²) in [5.41, 5.74) is 1.22. The Hall–Kier alpha value is -1.49. The van der Waals surface area contributed by atoms with Gasteiger partial charge in [-0.15, -0.1) is 0 Å². The number of rotatable bonds is 4. The molecule has 1 aliphatic rings. The second-order valence-electron chi connectivity index (χ2n) is 4.70. The van der Waals surface area contributed by atoms with E-state index in [4.69, 9.17) is 5.11 Å². The van der Waals surface area contributed by atoms with Crippen LogP contribution in [0.2, 0.25) is 0 Å². The van der Waals surface area contributed by atoms with Crippen LogP contribution >= 0.6 is 0 Å². The maximum Gasteiger partial charge on any atom is 0.274 e. The molecule has 2 heterocycles. The number of aromatic nitrogens is 2. The van der Waals surface area contributed by atoms with Gasteiger partial charge in [0.05, 0.1) is 11.9 Å². The van der Waals surface area contributed by atoms with Gasteiger partial charge in [0.2, 0.25) is 0 Å². The summed E-state index contributed by atoms with van der Waals surface area (Å²) < 4.78 is 0. The third-order valence-electron chi connectivity index (χ3n) is 3.33. The first kappa shape index (κ1) is 13.0. The van der Waals surface area contributed by atoms with E-state index in [0.717, 1.165) is 37.9 Å². The Morgan fingerprint density at radius 1 is 1.50 bits per heavy atom. The van der Waals surface area contributed by atoms with E-state index in [1.807, 2.05) is 11.8 Å². The molecule has 0 aromatic carbocycles. The average molecular weight is 249 g/mol. The maximum atomic E-state index is 12.3. The molecular formula is C13H19N3O2. The van der Waals surface area contributed by atoms with Crippen LogP contribution in [-0.4, -0.2) is 45.1 Å². The number of amides is 1. The lowest BCUT2D eigenvalue weighted by molar-refractivity contribution is 0.0718. The third kappa shape index (κ3) is 2.85. The molecular weight excluding hydrogens is 230 g/mol. The van der Waals surface area contributed by atoms with Crippen LogP contribution in [0.15, 0.2) is 12.4 Å². The summed E-state index contributed by atoms with van der Waals surface area (Å²) in [4.78, 5) is 22.4. The van der Waals surface area contributed by atoms with Crippen molar-refractivity contribution in [2.45, 2.75) is 38.6 Å². The summed E-state index contributed by atoms with van der Waals surface area (Å²) in [7, 11) is 0. The molecule has 1 amide bonds.